The molecule has 2 aliphatic rings. The Labute approximate surface area is 110 Å². The zero-order chi connectivity index (χ0) is 12.4. The number of hydrogen-bond donors (Lipinski definition) is 1. The molecule has 3 rings (SSSR count). The van der Waals surface area contributed by atoms with E-state index in [0.29, 0.717) is 5.41 Å². The maximum Gasteiger partial charge on any atom is 0.0951 e. The van der Waals surface area contributed by atoms with Crippen molar-refractivity contribution in [2.75, 3.05) is 6.54 Å². The van der Waals surface area contributed by atoms with Crippen molar-refractivity contribution in [3.8, 4) is 0 Å². The molecule has 0 bridgehead atoms. The number of hydrogen-bond acceptors (Lipinski definition) is 2. The van der Waals surface area contributed by atoms with Gasteiger partial charge < -0.3 is 9.88 Å². The summed E-state index contributed by atoms with van der Waals surface area (Å²) in [6.07, 6.45) is 13.7. The summed E-state index contributed by atoms with van der Waals surface area (Å²) in [7, 11) is 0. The first-order chi connectivity index (χ1) is 8.83. The monoisotopic (exact) mass is 247 g/mol. The molecule has 1 heterocycles. The lowest BCUT2D eigenvalue weighted by atomic mass is 9.83. The van der Waals surface area contributed by atoms with E-state index in [0.717, 1.165) is 12.6 Å². The van der Waals surface area contributed by atoms with E-state index in [1.807, 2.05) is 12.5 Å². The molecule has 18 heavy (non-hydrogen) atoms. The van der Waals surface area contributed by atoms with Gasteiger partial charge in [-0.25, -0.2) is 4.98 Å². The second-order valence-corrected chi connectivity index (χ2v) is 6.19. The molecular weight excluding hydrogens is 222 g/mol. The highest BCUT2D eigenvalue weighted by molar-refractivity contribution is 5.03. The molecule has 0 radical (unpaired) electrons. The van der Waals surface area contributed by atoms with Gasteiger partial charge in [-0.05, 0) is 37.5 Å². The molecule has 0 aromatic carbocycles. The van der Waals surface area contributed by atoms with Crippen LogP contribution in [-0.4, -0.2) is 16.1 Å². The minimum atomic E-state index is 0.588. The van der Waals surface area contributed by atoms with Crippen molar-refractivity contribution in [1.29, 1.82) is 0 Å². The van der Waals surface area contributed by atoms with Crippen molar-refractivity contribution in [1.82, 2.24) is 14.9 Å². The molecule has 0 aliphatic heterocycles. The molecule has 0 atom stereocenters. The van der Waals surface area contributed by atoms with Crippen LogP contribution in [0.3, 0.4) is 0 Å². The van der Waals surface area contributed by atoms with Crippen molar-refractivity contribution in [2.24, 2.45) is 5.41 Å². The van der Waals surface area contributed by atoms with Gasteiger partial charge >= 0.3 is 0 Å². The van der Waals surface area contributed by atoms with Gasteiger partial charge in [-0.2, -0.15) is 0 Å². The zero-order valence-corrected chi connectivity index (χ0v) is 11.5. The lowest BCUT2D eigenvalue weighted by Gasteiger charge is -2.27. The Balaban J connectivity index is 1.53. The standard InChI is InChI=1S/C15H25N3/c1-2-15(7-3-4-8-15)11-16-9-14-10-17-12-18(14)13-5-6-13/h10,12-13,16H,2-9,11H2,1H3. The van der Waals surface area contributed by atoms with Gasteiger partial charge in [0.1, 0.15) is 0 Å². The predicted octanol–water partition coefficient (Wildman–Crippen LogP) is 3.28. The maximum absolute atomic E-state index is 4.29. The van der Waals surface area contributed by atoms with Gasteiger partial charge in [-0.3, -0.25) is 0 Å². The highest BCUT2D eigenvalue weighted by Crippen LogP contribution is 2.40. The molecule has 1 aromatic heterocycles. The fourth-order valence-corrected chi connectivity index (χ4v) is 3.39. The Morgan fingerprint density at radius 2 is 2.17 bits per heavy atom. The molecule has 3 heteroatoms. The Morgan fingerprint density at radius 1 is 1.39 bits per heavy atom. The van der Waals surface area contributed by atoms with Gasteiger partial charge in [0.2, 0.25) is 0 Å². The number of imidazole rings is 1. The average molecular weight is 247 g/mol. The molecule has 0 unspecified atom stereocenters. The number of aromatic nitrogens is 2. The molecule has 1 aromatic rings. The van der Waals surface area contributed by atoms with Crippen LogP contribution in [0.1, 0.15) is 63.6 Å². The van der Waals surface area contributed by atoms with E-state index < -0.39 is 0 Å². The topological polar surface area (TPSA) is 29.9 Å². The van der Waals surface area contributed by atoms with Crippen LogP contribution in [0.15, 0.2) is 12.5 Å². The van der Waals surface area contributed by atoms with Crippen molar-refractivity contribution < 1.29 is 0 Å². The van der Waals surface area contributed by atoms with Crippen molar-refractivity contribution in [3.05, 3.63) is 18.2 Å². The average Bonchev–Trinajstić information content (AvgIpc) is 2.95. The Kier molecular flexibility index (Phi) is 3.42. The molecule has 3 nitrogen and oxygen atoms in total. The molecule has 2 fully saturated rings. The number of rotatable bonds is 6. The fraction of sp³-hybridized carbons (Fsp3) is 0.800. The van der Waals surface area contributed by atoms with Gasteiger partial charge in [0.05, 0.1) is 12.0 Å². The van der Waals surface area contributed by atoms with Gasteiger partial charge in [-0.1, -0.05) is 19.8 Å². The summed E-state index contributed by atoms with van der Waals surface area (Å²) in [4.78, 5) is 4.29. The van der Waals surface area contributed by atoms with Crippen LogP contribution in [0.5, 0.6) is 0 Å². The van der Waals surface area contributed by atoms with E-state index >= 15 is 0 Å². The molecule has 0 amide bonds. The van der Waals surface area contributed by atoms with E-state index in [1.54, 1.807) is 0 Å². The highest BCUT2D eigenvalue weighted by Gasteiger charge is 2.31. The summed E-state index contributed by atoms with van der Waals surface area (Å²) < 4.78 is 2.36. The van der Waals surface area contributed by atoms with Gasteiger partial charge in [0.15, 0.2) is 0 Å². The summed E-state index contributed by atoms with van der Waals surface area (Å²) in [5, 5.41) is 3.68. The fourth-order valence-electron chi connectivity index (χ4n) is 3.39. The summed E-state index contributed by atoms with van der Waals surface area (Å²) in [6.45, 7) is 4.51. The third kappa shape index (κ3) is 2.46. The van der Waals surface area contributed by atoms with Crippen LogP contribution in [0.2, 0.25) is 0 Å². The molecular formula is C15H25N3. The number of nitrogens with one attached hydrogen (secondary N) is 1. The van der Waals surface area contributed by atoms with Crippen LogP contribution < -0.4 is 5.32 Å². The van der Waals surface area contributed by atoms with Crippen molar-refractivity contribution in [2.45, 2.75) is 64.5 Å². The molecule has 0 spiro atoms. The second kappa shape index (κ2) is 5.04. The van der Waals surface area contributed by atoms with Gasteiger partial charge in [0, 0.05) is 25.3 Å². The van der Waals surface area contributed by atoms with E-state index in [1.165, 1.54) is 57.2 Å². The zero-order valence-electron chi connectivity index (χ0n) is 11.5. The first kappa shape index (κ1) is 12.2. The maximum atomic E-state index is 4.29. The van der Waals surface area contributed by atoms with Crippen LogP contribution in [0.25, 0.3) is 0 Å². The smallest absolute Gasteiger partial charge is 0.0951 e. The second-order valence-electron chi connectivity index (χ2n) is 6.19. The summed E-state index contributed by atoms with van der Waals surface area (Å²) in [5.74, 6) is 0. The lowest BCUT2D eigenvalue weighted by molar-refractivity contribution is 0.267. The molecule has 1 N–H and O–H groups in total. The van der Waals surface area contributed by atoms with Crippen LogP contribution in [0.4, 0.5) is 0 Å². The number of nitrogens with zero attached hydrogens (tertiary/aromatic N) is 2. The predicted molar refractivity (Wildman–Crippen MR) is 73.4 cm³/mol. The normalized spacial score (nSPS) is 22.5. The first-order valence-corrected chi connectivity index (χ1v) is 7.54. The van der Waals surface area contributed by atoms with Gasteiger partial charge in [0.25, 0.3) is 0 Å². The third-order valence-electron chi connectivity index (χ3n) is 4.91. The summed E-state index contributed by atoms with van der Waals surface area (Å²) in [6, 6.07) is 0.746. The molecule has 2 aliphatic carbocycles. The van der Waals surface area contributed by atoms with E-state index in [4.69, 9.17) is 0 Å². The van der Waals surface area contributed by atoms with Crippen LogP contribution >= 0.6 is 0 Å². The molecule has 100 valence electrons. The van der Waals surface area contributed by atoms with E-state index in [-0.39, 0.29) is 0 Å². The van der Waals surface area contributed by atoms with E-state index in [9.17, 15) is 0 Å². The molecule has 2 saturated carbocycles. The largest absolute Gasteiger partial charge is 0.330 e. The minimum Gasteiger partial charge on any atom is -0.330 e. The summed E-state index contributed by atoms with van der Waals surface area (Å²) >= 11 is 0. The van der Waals surface area contributed by atoms with Crippen molar-refractivity contribution >= 4 is 0 Å². The van der Waals surface area contributed by atoms with Crippen LogP contribution in [0, 0.1) is 5.41 Å². The Hall–Kier alpha value is -0.830. The summed E-state index contributed by atoms with van der Waals surface area (Å²) in [5.41, 5.74) is 1.95. The van der Waals surface area contributed by atoms with Crippen LogP contribution in [-0.2, 0) is 6.54 Å². The third-order valence-corrected chi connectivity index (χ3v) is 4.91. The highest BCUT2D eigenvalue weighted by atomic mass is 15.1. The quantitative estimate of drug-likeness (QED) is 0.836. The van der Waals surface area contributed by atoms with Gasteiger partial charge in [-0.15, -0.1) is 0 Å². The lowest BCUT2D eigenvalue weighted by Crippen LogP contribution is -2.31. The minimum absolute atomic E-state index is 0.588. The Morgan fingerprint density at radius 3 is 2.83 bits per heavy atom. The van der Waals surface area contributed by atoms with E-state index in [2.05, 4.69) is 21.8 Å². The first-order valence-electron chi connectivity index (χ1n) is 7.54. The molecule has 0 saturated heterocycles. The van der Waals surface area contributed by atoms with Crippen molar-refractivity contribution in [3.63, 3.8) is 0 Å². The Bertz CT molecular complexity index is 386. The SMILES string of the molecule is CCC1(CNCc2cncn2C2CC2)CCCC1.